The quantitative estimate of drug-likeness (QED) is 0.480. The van der Waals surface area contributed by atoms with Crippen molar-refractivity contribution in [2.24, 2.45) is 0 Å². The van der Waals surface area contributed by atoms with Gasteiger partial charge in [-0.25, -0.2) is 4.90 Å². The van der Waals surface area contributed by atoms with Crippen LogP contribution in [0.15, 0.2) is 60.3 Å². The molecule has 2 aromatic rings. The molecule has 0 spiro atoms. The van der Waals surface area contributed by atoms with Crippen LogP contribution in [-0.2, 0) is 16.1 Å². The highest BCUT2D eigenvalue weighted by Crippen LogP contribution is 2.19. The Bertz CT molecular complexity index is 868. The minimum absolute atomic E-state index is 0.189. The molecular formula is C19H17ClN4O2. The second-order valence-electron chi connectivity index (χ2n) is 5.43. The lowest BCUT2D eigenvalue weighted by Gasteiger charge is -2.19. The van der Waals surface area contributed by atoms with E-state index in [1.165, 1.54) is 13.1 Å². The lowest BCUT2D eigenvalue weighted by molar-refractivity contribution is -0.123. The Morgan fingerprint density at radius 2 is 1.81 bits per heavy atom. The molecule has 0 atom stereocenters. The van der Waals surface area contributed by atoms with E-state index in [1.807, 2.05) is 18.2 Å². The molecule has 0 aromatic heterocycles. The summed E-state index contributed by atoms with van der Waals surface area (Å²) >= 11 is 5.83. The monoisotopic (exact) mass is 368 g/mol. The van der Waals surface area contributed by atoms with Gasteiger partial charge in [0.2, 0.25) is 5.91 Å². The zero-order valence-corrected chi connectivity index (χ0v) is 14.8. The van der Waals surface area contributed by atoms with Gasteiger partial charge in [0.1, 0.15) is 11.6 Å². The van der Waals surface area contributed by atoms with Crippen molar-refractivity contribution < 1.29 is 9.59 Å². The topological polar surface area (TPSA) is 99.2 Å². The number of amides is 2. The molecule has 0 radical (unpaired) electrons. The number of carbonyl (C=O) groups is 2. The maximum absolute atomic E-state index is 12.6. The number of hydrogen-bond acceptors (Lipinski definition) is 5. The zero-order valence-electron chi connectivity index (χ0n) is 14.1. The fraction of sp³-hybridized carbons (Fsp3) is 0.105. The number of benzene rings is 2. The standard InChI is InChI=1S/C19H17ClN4O2/c1-13(25)24(18-8-6-17(22)7-9-18)19(26)15(10-21)12-23-11-14-2-4-16(20)5-3-14/h2-9,12,23H,11,22H2,1H3/b15-12-. The van der Waals surface area contributed by atoms with Crippen LogP contribution in [0.5, 0.6) is 0 Å². The van der Waals surface area contributed by atoms with Crippen LogP contribution < -0.4 is 16.0 Å². The van der Waals surface area contributed by atoms with Gasteiger partial charge in [-0.3, -0.25) is 9.59 Å². The molecule has 0 saturated carbocycles. The first-order valence-electron chi connectivity index (χ1n) is 7.71. The van der Waals surface area contributed by atoms with Gasteiger partial charge in [0.25, 0.3) is 5.91 Å². The summed E-state index contributed by atoms with van der Waals surface area (Å²) in [7, 11) is 0. The number of anilines is 2. The van der Waals surface area contributed by atoms with Crippen LogP contribution >= 0.6 is 11.6 Å². The molecule has 2 amide bonds. The van der Waals surface area contributed by atoms with Crippen molar-refractivity contribution in [1.82, 2.24) is 5.32 Å². The third kappa shape index (κ3) is 4.85. The first kappa shape index (κ1) is 19.0. The first-order chi connectivity index (χ1) is 12.4. The van der Waals surface area contributed by atoms with E-state index >= 15 is 0 Å². The van der Waals surface area contributed by atoms with Crippen LogP contribution in [0, 0.1) is 11.3 Å². The van der Waals surface area contributed by atoms with Crippen molar-refractivity contribution >= 4 is 34.8 Å². The van der Waals surface area contributed by atoms with E-state index in [9.17, 15) is 14.9 Å². The molecule has 7 heteroatoms. The third-order valence-corrected chi connectivity index (χ3v) is 3.74. The number of nitrogens with zero attached hydrogens (tertiary/aromatic N) is 2. The van der Waals surface area contributed by atoms with Crippen LogP contribution in [0.3, 0.4) is 0 Å². The second-order valence-corrected chi connectivity index (χ2v) is 5.86. The largest absolute Gasteiger partial charge is 0.399 e. The van der Waals surface area contributed by atoms with E-state index in [0.717, 1.165) is 10.5 Å². The number of nitrogens with two attached hydrogens (primary N) is 1. The van der Waals surface area contributed by atoms with Gasteiger partial charge in [0.05, 0.1) is 5.69 Å². The SMILES string of the molecule is CC(=O)N(C(=O)/C(C#N)=C\NCc1ccc(Cl)cc1)c1ccc(N)cc1. The molecule has 6 nitrogen and oxygen atoms in total. The van der Waals surface area contributed by atoms with E-state index in [1.54, 1.807) is 36.4 Å². The van der Waals surface area contributed by atoms with Crippen LogP contribution in [-0.4, -0.2) is 11.8 Å². The molecule has 0 heterocycles. The van der Waals surface area contributed by atoms with Crippen molar-refractivity contribution in [2.45, 2.75) is 13.5 Å². The number of hydrogen-bond donors (Lipinski definition) is 2. The number of nitrogens with one attached hydrogen (secondary N) is 1. The van der Waals surface area contributed by atoms with Crippen LogP contribution in [0.2, 0.25) is 5.02 Å². The van der Waals surface area contributed by atoms with Crippen molar-refractivity contribution in [2.75, 3.05) is 10.6 Å². The van der Waals surface area contributed by atoms with E-state index in [0.29, 0.717) is 22.9 Å². The van der Waals surface area contributed by atoms with E-state index in [2.05, 4.69) is 5.32 Å². The van der Waals surface area contributed by atoms with Gasteiger partial charge in [-0.15, -0.1) is 0 Å². The molecule has 0 saturated heterocycles. The van der Waals surface area contributed by atoms with Crippen LogP contribution in [0.4, 0.5) is 11.4 Å². The Morgan fingerprint density at radius 3 is 2.35 bits per heavy atom. The Kier molecular flexibility index (Phi) is 6.36. The molecule has 0 aliphatic rings. The van der Waals surface area contributed by atoms with Crippen molar-refractivity contribution in [3.05, 3.63) is 70.9 Å². The highest BCUT2D eigenvalue weighted by molar-refractivity contribution is 6.30. The van der Waals surface area contributed by atoms with E-state index in [-0.39, 0.29) is 5.57 Å². The van der Waals surface area contributed by atoms with Crippen LogP contribution in [0.1, 0.15) is 12.5 Å². The molecule has 0 aliphatic heterocycles. The number of nitrogen functional groups attached to an aromatic ring is 1. The zero-order chi connectivity index (χ0) is 19.1. The van der Waals surface area contributed by atoms with Crippen molar-refractivity contribution in [3.8, 4) is 6.07 Å². The lowest BCUT2D eigenvalue weighted by atomic mass is 10.2. The van der Waals surface area contributed by atoms with Crippen LogP contribution in [0.25, 0.3) is 0 Å². The average Bonchev–Trinajstić information content (AvgIpc) is 2.62. The van der Waals surface area contributed by atoms with Crippen molar-refractivity contribution in [3.63, 3.8) is 0 Å². The summed E-state index contributed by atoms with van der Waals surface area (Å²) in [6, 6.07) is 15.2. The average molecular weight is 369 g/mol. The molecule has 0 unspecified atom stereocenters. The molecule has 132 valence electrons. The summed E-state index contributed by atoms with van der Waals surface area (Å²) in [6.45, 7) is 1.65. The summed E-state index contributed by atoms with van der Waals surface area (Å²) in [5.41, 5.74) is 7.21. The summed E-state index contributed by atoms with van der Waals surface area (Å²) in [5, 5.41) is 12.8. The number of imide groups is 1. The summed E-state index contributed by atoms with van der Waals surface area (Å²) in [4.78, 5) is 25.5. The summed E-state index contributed by atoms with van der Waals surface area (Å²) < 4.78 is 0. The number of nitriles is 1. The Labute approximate surface area is 156 Å². The normalized spacial score (nSPS) is 10.7. The number of halogens is 1. The van der Waals surface area contributed by atoms with Crippen molar-refractivity contribution in [1.29, 1.82) is 5.26 Å². The highest BCUT2D eigenvalue weighted by Gasteiger charge is 2.23. The lowest BCUT2D eigenvalue weighted by Crippen LogP contribution is -2.36. The predicted molar refractivity (Wildman–Crippen MR) is 101 cm³/mol. The molecule has 2 rings (SSSR count). The summed E-state index contributed by atoms with van der Waals surface area (Å²) in [6.07, 6.45) is 1.30. The van der Waals surface area contributed by atoms with Gasteiger partial charge in [0, 0.05) is 30.4 Å². The fourth-order valence-corrected chi connectivity index (χ4v) is 2.33. The van der Waals surface area contributed by atoms with Gasteiger partial charge in [-0.1, -0.05) is 23.7 Å². The molecule has 2 aromatic carbocycles. The minimum Gasteiger partial charge on any atom is -0.399 e. The highest BCUT2D eigenvalue weighted by atomic mass is 35.5. The molecule has 0 aliphatic carbocycles. The molecule has 3 N–H and O–H groups in total. The maximum atomic E-state index is 12.6. The second kappa shape index (κ2) is 8.70. The van der Waals surface area contributed by atoms with Gasteiger partial charge < -0.3 is 11.1 Å². The molecule has 0 bridgehead atoms. The molecule has 0 fully saturated rings. The summed E-state index contributed by atoms with van der Waals surface area (Å²) in [5.74, 6) is -1.22. The third-order valence-electron chi connectivity index (χ3n) is 3.49. The van der Waals surface area contributed by atoms with Gasteiger partial charge in [-0.2, -0.15) is 5.26 Å². The predicted octanol–water partition coefficient (Wildman–Crippen LogP) is 3.00. The fourth-order valence-electron chi connectivity index (χ4n) is 2.20. The number of rotatable bonds is 5. The van der Waals surface area contributed by atoms with E-state index in [4.69, 9.17) is 17.3 Å². The van der Waals surface area contributed by atoms with E-state index < -0.39 is 11.8 Å². The minimum atomic E-state index is -0.714. The Morgan fingerprint density at radius 1 is 1.19 bits per heavy atom. The Balaban J connectivity index is 2.16. The number of carbonyl (C=O) groups excluding carboxylic acids is 2. The van der Waals surface area contributed by atoms with Gasteiger partial charge >= 0.3 is 0 Å². The van der Waals surface area contributed by atoms with Gasteiger partial charge in [0.15, 0.2) is 0 Å². The van der Waals surface area contributed by atoms with Gasteiger partial charge in [-0.05, 0) is 42.0 Å². The Hall–Kier alpha value is -3.30. The maximum Gasteiger partial charge on any atom is 0.277 e. The smallest absolute Gasteiger partial charge is 0.277 e. The molecule has 26 heavy (non-hydrogen) atoms. The molecular weight excluding hydrogens is 352 g/mol. The first-order valence-corrected chi connectivity index (χ1v) is 8.09.